The molecule has 0 amide bonds. The Morgan fingerprint density at radius 2 is 0.702 bits per heavy atom. The number of aliphatic hydroxyl groups is 2. The summed E-state index contributed by atoms with van der Waals surface area (Å²) in [7, 11) is 0. The quantitative estimate of drug-likeness (QED) is 0.0414. The number of anilines is 1. The number of alkyl halides is 2. The maximum atomic E-state index is 8.79. The van der Waals surface area contributed by atoms with Crippen LogP contribution in [0.15, 0.2) is 248 Å². The van der Waals surface area contributed by atoms with E-state index in [2.05, 4.69) is 216 Å². The molecule has 8 heterocycles. The minimum Gasteiger partial charge on any atom is -0.394 e. The largest absolute Gasteiger partial charge is 0.394 e. The van der Waals surface area contributed by atoms with E-state index in [4.69, 9.17) is 57.9 Å². The molecule has 0 radical (unpaired) electrons. The van der Waals surface area contributed by atoms with Crippen molar-refractivity contribution in [1.82, 2.24) is 40.9 Å². The number of ether oxygens (including phenoxy) is 2. The smallest absolute Gasteiger partial charge is 0.137 e. The van der Waals surface area contributed by atoms with Crippen LogP contribution in [0.2, 0.25) is 0 Å². The second-order valence-corrected chi connectivity index (χ2v) is 28.5. The van der Waals surface area contributed by atoms with Gasteiger partial charge in [0.05, 0.1) is 56.7 Å². The summed E-state index contributed by atoms with van der Waals surface area (Å²) in [5.74, 6) is 3.81. The lowest BCUT2D eigenvalue weighted by Gasteiger charge is -2.36. The minimum atomic E-state index is -0.160. The highest BCUT2D eigenvalue weighted by atomic mass is 35.5. The third-order valence-corrected chi connectivity index (χ3v) is 21.7. The van der Waals surface area contributed by atoms with Gasteiger partial charge in [0.2, 0.25) is 0 Å². The zero-order valence-electron chi connectivity index (χ0n) is 56.9. The summed E-state index contributed by atoms with van der Waals surface area (Å²) in [5.41, 5.74) is 9.01. The summed E-state index contributed by atoms with van der Waals surface area (Å²) < 4.78 is 10.1. The molecule has 562 valence electrons. The average molecular weight is 1610 g/mol. The van der Waals surface area contributed by atoms with E-state index in [0.29, 0.717) is 32.3 Å². The molecule has 8 aliphatic heterocycles. The fourth-order valence-electron chi connectivity index (χ4n) is 11.6. The molecule has 0 aromatic heterocycles. The maximum absolute atomic E-state index is 8.79. The predicted molar refractivity (Wildman–Crippen MR) is 450 cm³/mol. The lowest BCUT2D eigenvalue weighted by Crippen LogP contribution is -2.49. The van der Waals surface area contributed by atoms with E-state index in [1.807, 2.05) is 47.8 Å². The van der Waals surface area contributed by atoms with E-state index in [9.17, 15) is 0 Å². The van der Waals surface area contributed by atoms with Crippen molar-refractivity contribution in [2.75, 3.05) is 162 Å². The summed E-state index contributed by atoms with van der Waals surface area (Å²) in [6.45, 7) is 19.7. The first-order valence-corrected chi connectivity index (χ1v) is 38.0. The zero-order chi connectivity index (χ0) is 67.4. The molecule has 0 saturated carbocycles. The highest BCUT2D eigenvalue weighted by Gasteiger charge is 2.28. The molecule has 7 N–H and O–H groups in total. The Morgan fingerprint density at radius 1 is 0.375 bits per heavy atom. The van der Waals surface area contributed by atoms with E-state index < -0.39 is 0 Å². The van der Waals surface area contributed by atoms with Gasteiger partial charge in [-0.15, -0.1) is 61.2 Å². The van der Waals surface area contributed by atoms with Crippen LogP contribution in [0.3, 0.4) is 0 Å². The Morgan fingerprint density at radius 3 is 1.11 bits per heavy atom. The SMILES string of the molecule is C.C.C1CNCCN1.Cl.Cl.Cl.Cl.ClC1Nc2ccccc2Sc2ccccc21.OCCOCCCl.OCCOCCN1CCN(C2=Nc3ccccc3Sc3ccccc32)CC1.c1ccc2c(c1)N=C(N1CCNCC1)c1ccccc1S2.c1ccc2c(c1)N=C(N1CCNCC1)c1ccccc1S2. The molecule has 16 rings (SSSR count). The number of nitrogens with one attached hydrogen (secondary N) is 5. The molecule has 8 aliphatic rings. The van der Waals surface area contributed by atoms with Gasteiger partial charge < -0.3 is 61.0 Å². The van der Waals surface area contributed by atoms with Crippen molar-refractivity contribution in [3.63, 3.8) is 0 Å². The van der Waals surface area contributed by atoms with Crippen molar-refractivity contribution >= 4 is 160 Å². The highest BCUT2D eigenvalue weighted by Crippen LogP contribution is 2.45. The Balaban J connectivity index is 0.000000233. The Labute approximate surface area is 668 Å². The standard InChI is InChI=1S/C21H25N3O2S.2C17H17N3S.C13H10ClNS.C4H9ClO2.C4H10N2.2CH4.4ClH/c25-14-16-26-15-13-23-9-11-24(12-10-23)21-17-5-1-3-7-19(17)27-20-8-4-2-6-18(20)22-21;2*1-3-7-15-13(5-1)17(20-11-9-18-10-12-20)19-14-6-2-4-8-16(14)21-15;14-13-9-5-1-3-7-11(9)16-12-8-4-2-6-10(12)15-13;5-1-3-7-4-2-6;1-2-6-4-3-5-1;;;;;;/h1-8,25H,9-16H2;2*1-8,18H,9-12H2;1-8,13,15H;6H,1-4H2;5-6H,1-4H2;2*1H4;4*1H. The first kappa shape index (κ1) is 89.4. The summed E-state index contributed by atoms with van der Waals surface area (Å²) in [6, 6.07) is 67.4. The number of rotatable bonds is 9. The molecule has 8 aromatic carbocycles. The number of fused-ring (bicyclic) bond motifs is 8. The predicted octanol–water partition coefficient (Wildman–Crippen LogP) is 16.0. The first-order valence-electron chi connectivity index (χ1n) is 33.8. The lowest BCUT2D eigenvalue weighted by atomic mass is 10.1. The van der Waals surface area contributed by atoms with Gasteiger partial charge in [-0.25, -0.2) is 15.0 Å². The van der Waals surface area contributed by atoms with E-state index in [1.54, 1.807) is 23.5 Å². The molecule has 104 heavy (non-hydrogen) atoms. The second-order valence-electron chi connectivity index (χ2n) is 23.3. The summed E-state index contributed by atoms with van der Waals surface area (Å²) in [5, 5.41) is 33.5. The maximum Gasteiger partial charge on any atom is 0.137 e. The van der Waals surface area contributed by atoms with Gasteiger partial charge >= 0.3 is 0 Å². The highest BCUT2D eigenvalue weighted by molar-refractivity contribution is 8.00. The van der Waals surface area contributed by atoms with Gasteiger partial charge in [-0.05, 0) is 72.8 Å². The molecule has 0 bridgehead atoms. The van der Waals surface area contributed by atoms with Gasteiger partial charge in [0.25, 0.3) is 0 Å². The van der Waals surface area contributed by atoms with E-state index in [1.165, 1.54) is 55.9 Å². The van der Waals surface area contributed by atoms with Gasteiger partial charge in [0.1, 0.15) is 23.0 Å². The molecular formula is C78H100Cl6N12O4S4. The second kappa shape index (κ2) is 48.9. The minimum absolute atomic E-state index is 0. The molecule has 0 aliphatic carbocycles. The van der Waals surface area contributed by atoms with Crippen LogP contribution in [0.1, 0.15) is 42.6 Å². The molecule has 26 heteroatoms. The third kappa shape index (κ3) is 26.0. The van der Waals surface area contributed by atoms with E-state index in [0.717, 1.165) is 157 Å². The number of nitrogens with zero attached hydrogens (tertiary/aromatic N) is 7. The van der Waals surface area contributed by atoms with Crippen molar-refractivity contribution in [3.05, 3.63) is 216 Å². The molecule has 4 saturated heterocycles. The zero-order valence-corrected chi connectivity index (χ0v) is 64.9. The van der Waals surface area contributed by atoms with E-state index in [-0.39, 0.29) is 83.2 Å². The average Bonchev–Trinajstić information content (AvgIpc) is 1.67. The van der Waals surface area contributed by atoms with E-state index >= 15 is 0 Å². The topological polar surface area (TPSA) is 169 Å². The molecule has 4 fully saturated rings. The van der Waals surface area contributed by atoms with Gasteiger partial charge in [0, 0.05) is 184 Å². The molecule has 0 spiro atoms. The van der Waals surface area contributed by atoms with Crippen LogP contribution in [0.25, 0.3) is 0 Å². The number of aliphatic hydroxyl groups excluding tert-OH is 2. The fraction of sp³-hybridized carbons (Fsp3) is 0.346. The number of para-hydroxylation sites is 4. The Kier molecular flexibility index (Phi) is 42.0. The number of hydrogen-bond acceptors (Lipinski definition) is 20. The van der Waals surface area contributed by atoms with Crippen molar-refractivity contribution < 1.29 is 19.7 Å². The van der Waals surface area contributed by atoms with Crippen LogP contribution in [-0.4, -0.2) is 204 Å². The summed E-state index contributed by atoms with van der Waals surface area (Å²) >= 11 is 18.8. The summed E-state index contributed by atoms with van der Waals surface area (Å²) in [6.07, 6.45) is 0. The number of aliphatic imine (C=N–C) groups is 3. The Hall–Kier alpha value is -5.25. The van der Waals surface area contributed by atoms with Crippen molar-refractivity contribution in [1.29, 1.82) is 0 Å². The van der Waals surface area contributed by atoms with Crippen molar-refractivity contribution in [2.45, 2.75) is 59.5 Å². The van der Waals surface area contributed by atoms with Gasteiger partial charge in [0.15, 0.2) is 0 Å². The number of amidine groups is 3. The molecule has 8 aromatic rings. The number of benzene rings is 8. The lowest BCUT2D eigenvalue weighted by molar-refractivity contribution is 0.0652. The first-order chi connectivity index (χ1) is 48.4. The molecule has 1 unspecified atom stereocenters. The van der Waals surface area contributed by atoms with Crippen LogP contribution in [0, 0.1) is 0 Å². The van der Waals surface area contributed by atoms with Crippen LogP contribution in [-0.2, 0) is 9.47 Å². The van der Waals surface area contributed by atoms with Crippen molar-refractivity contribution in [2.24, 2.45) is 15.0 Å². The normalized spacial score (nSPS) is 16.3. The van der Waals surface area contributed by atoms with Gasteiger partial charge in [-0.2, -0.15) is 0 Å². The monoisotopic (exact) mass is 1610 g/mol. The van der Waals surface area contributed by atoms with Gasteiger partial charge in [-0.1, -0.05) is 195 Å². The van der Waals surface area contributed by atoms with Crippen LogP contribution in [0.4, 0.5) is 22.7 Å². The number of piperazine rings is 4. The summed E-state index contributed by atoms with van der Waals surface area (Å²) in [4.78, 5) is 34.7. The van der Waals surface area contributed by atoms with Gasteiger partial charge in [-0.3, -0.25) is 4.90 Å². The van der Waals surface area contributed by atoms with Crippen LogP contribution < -0.4 is 26.6 Å². The third-order valence-electron chi connectivity index (χ3n) is 16.6. The Bertz CT molecular complexity index is 3770. The molecule has 1 atom stereocenters. The fourth-order valence-corrected chi connectivity index (χ4v) is 16.2. The molecule has 16 nitrogen and oxygen atoms in total. The molecular weight excluding hydrogens is 1510 g/mol. The van der Waals surface area contributed by atoms with Crippen LogP contribution >= 0.6 is 120 Å². The number of hydrogen-bond donors (Lipinski definition) is 7. The van der Waals surface area contributed by atoms with Crippen LogP contribution in [0.5, 0.6) is 0 Å². The van der Waals surface area contributed by atoms with Crippen molar-refractivity contribution in [3.8, 4) is 0 Å². The number of halogens is 6.